The van der Waals surface area contributed by atoms with Crippen molar-refractivity contribution < 1.29 is 13.9 Å². The van der Waals surface area contributed by atoms with Gasteiger partial charge in [0.2, 0.25) is 0 Å². The van der Waals surface area contributed by atoms with E-state index in [-0.39, 0.29) is 17.3 Å². The number of hydrogen-bond donors (Lipinski definition) is 1. The molecule has 0 amide bonds. The second kappa shape index (κ2) is 4.66. The Morgan fingerprint density at radius 2 is 2.29 bits per heavy atom. The van der Waals surface area contributed by atoms with E-state index in [1.165, 1.54) is 12.1 Å². The van der Waals surface area contributed by atoms with E-state index in [0.29, 0.717) is 15.4 Å². The van der Waals surface area contributed by atoms with Gasteiger partial charge in [-0.3, -0.25) is 0 Å². The van der Waals surface area contributed by atoms with Gasteiger partial charge in [-0.1, -0.05) is 11.6 Å². The molecule has 0 atom stereocenters. The topological polar surface area (TPSA) is 42.1 Å². The molecule has 0 saturated carbocycles. The maximum Gasteiger partial charge on any atom is 0.354 e. The molecule has 1 aromatic carbocycles. The maximum atomic E-state index is 13.4. The molecule has 0 unspecified atom stereocenters. The summed E-state index contributed by atoms with van der Waals surface area (Å²) in [5.74, 6) is -1.03. The Labute approximate surface area is 110 Å². The van der Waals surface area contributed by atoms with Gasteiger partial charge in [-0.25, -0.2) is 9.18 Å². The molecule has 17 heavy (non-hydrogen) atoms. The minimum absolute atomic E-state index is 0.0185. The number of carbonyl (C=O) groups excluding carboxylic acids is 1. The summed E-state index contributed by atoms with van der Waals surface area (Å²) in [6.07, 6.45) is 0. The van der Waals surface area contributed by atoms with E-state index in [1.54, 1.807) is 6.92 Å². The fourth-order valence-electron chi connectivity index (χ4n) is 1.51. The van der Waals surface area contributed by atoms with E-state index in [0.717, 1.165) is 0 Å². The van der Waals surface area contributed by atoms with Crippen molar-refractivity contribution in [1.29, 1.82) is 0 Å². The van der Waals surface area contributed by atoms with Crippen LogP contribution in [0, 0.1) is 5.82 Å². The van der Waals surface area contributed by atoms with Crippen LogP contribution in [0.15, 0.2) is 16.6 Å². The lowest BCUT2D eigenvalue weighted by molar-refractivity contribution is 0.0520. The van der Waals surface area contributed by atoms with Crippen LogP contribution in [0.25, 0.3) is 10.9 Å². The highest BCUT2D eigenvalue weighted by molar-refractivity contribution is 9.10. The van der Waals surface area contributed by atoms with Gasteiger partial charge in [0.25, 0.3) is 0 Å². The molecule has 0 saturated heterocycles. The summed E-state index contributed by atoms with van der Waals surface area (Å²) in [4.78, 5) is 14.4. The van der Waals surface area contributed by atoms with Gasteiger partial charge in [-0.05, 0) is 35.0 Å². The van der Waals surface area contributed by atoms with Crippen LogP contribution < -0.4 is 0 Å². The van der Waals surface area contributed by atoms with Gasteiger partial charge < -0.3 is 9.72 Å². The number of nitrogens with one attached hydrogen (secondary N) is 1. The highest BCUT2D eigenvalue weighted by Gasteiger charge is 2.16. The number of esters is 1. The van der Waals surface area contributed by atoms with Crippen LogP contribution in [-0.4, -0.2) is 17.6 Å². The molecule has 0 aliphatic carbocycles. The molecule has 90 valence electrons. The Balaban J connectivity index is 2.61. The largest absolute Gasteiger partial charge is 0.461 e. The number of aromatic amines is 1. The van der Waals surface area contributed by atoms with Crippen molar-refractivity contribution in [1.82, 2.24) is 4.98 Å². The SMILES string of the molecule is CCOC(=O)c1cc2c(Cl)c(F)cc(Br)c2[nH]1. The second-order valence-corrected chi connectivity index (χ2v) is 4.58. The number of ether oxygens (including phenoxy) is 1. The van der Waals surface area contributed by atoms with Crippen molar-refractivity contribution in [3.8, 4) is 0 Å². The first-order valence-electron chi connectivity index (χ1n) is 4.88. The van der Waals surface area contributed by atoms with E-state index < -0.39 is 11.8 Å². The monoisotopic (exact) mass is 319 g/mol. The number of fused-ring (bicyclic) bond motifs is 1. The Morgan fingerprint density at radius 1 is 1.59 bits per heavy atom. The van der Waals surface area contributed by atoms with Gasteiger partial charge in [0.1, 0.15) is 11.5 Å². The number of hydrogen-bond acceptors (Lipinski definition) is 2. The van der Waals surface area contributed by atoms with Crippen LogP contribution in [0.3, 0.4) is 0 Å². The van der Waals surface area contributed by atoms with Gasteiger partial charge >= 0.3 is 5.97 Å². The Morgan fingerprint density at radius 3 is 2.94 bits per heavy atom. The van der Waals surface area contributed by atoms with E-state index in [9.17, 15) is 9.18 Å². The molecule has 1 heterocycles. The first-order chi connectivity index (χ1) is 8.04. The zero-order valence-electron chi connectivity index (χ0n) is 8.81. The molecule has 6 heteroatoms. The number of halogens is 3. The minimum atomic E-state index is -0.541. The number of aromatic nitrogens is 1. The van der Waals surface area contributed by atoms with Crippen LogP contribution in [0.1, 0.15) is 17.4 Å². The number of rotatable bonds is 2. The summed E-state index contributed by atoms with van der Waals surface area (Å²) in [7, 11) is 0. The van der Waals surface area contributed by atoms with E-state index in [1.807, 2.05) is 0 Å². The van der Waals surface area contributed by atoms with Gasteiger partial charge in [-0.15, -0.1) is 0 Å². The summed E-state index contributed by atoms with van der Waals surface area (Å²) in [5, 5.41) is 0.427. The predicted molar refractivity (Wildman–Crippen MR) is 66.9 cm³/mol. The van der Waals surface area contributed by atoms with Gasteiger partial charge in [0, 0.05) is 9.86 Å². The predicted octanol–water partition coefficient (Wildman–Crippen LogP) is 3.90. The highest BCUT2D eigenvalue weighted by atomic mass is 79.9. The first-order valence-corrected chi connectivity index (χ1v) is 6.05. The average Bonchev–Trinajstić information content (AvgIpc) is 2.72. The normalized spacial score (nSPS) is 10.8. The van der Waals surface area contributed by atoms with E-state index >= 15 is 0 Å². The van der Waals surface area contributed by atoms with Crippen molar-refractivity contribution in [3.05, 3.63) is 33.1 Å². The fourth-order valence-corrected chi connectivity index (χ4v) is 2.23. The molecule has 0 radical (unpaired) electrons. The molecule has 1 N–H and O–H groups in total. The van der Waals surface area contributed by atoms with Gasteiger partial charge in [0.15, 0.2) is 0 Å². The van der Waals surface area contributed by atoms with Crippen LogP contribution in [0.2, 0.25) is 5.02 Å². The fraction of sp³-hybridized carbons (Fsp3) is 0.182. The molecule has 1 aromatic heterocycles. The summed E-state index contributed by atoms with van der Waals surface area (Å²) < 4.78 is 18.7. The van der Waals surface area contributed by atoms with Gasteiger partial charge in [0.05, 0.1) is 17.1 Å². The molecule has 0 spiro atoms. The summed E-state index contributed by atoms with van der Waals surface area (Å²) in [6.45, 7) is 1.99. The lowest BCUT2D eigenvalue weighted by Gasteiger charge is -1.98. The van der Waals surface area contributed by atoms with E-state index in [2.05, 4.69) is 20.9 Å². The van der Waals surface area contributed by atoms with Crippen molar-refractivity contribution in [2.45, 2.75) is 6.92 Å². The highest BCUT2D eigenvalue weighted by Crippen LogP contribution is 2.32. The third kappa shape index (κ3) is 2.17. The summed E-state index contributed by atoms with van der Waals surface area (Å²) >= 11 is 9.03. The molecule has 3 nitrogen and oxygen atoms in total. The first kappa shape index (κ1) is 12.4. The number of benzene rings is 1. The quantitative estimate of drug-likeness (QED) is 0.673. The Kier molecular flexibility index (Phi) is 3.40. The van der Waals surface area contributed by atoms with Crippen LogP contribution >= 0.6 is 27.5 Å². The molecule has 2 rings (SSSR count). The molecule has 2 aromatic rings. The third-order valence-electron chi connectivity index (χ3n) is 2.25. The summed E-state index contributed by atoms with van der Waals surface area (Å²) in [5.41, 5.74) is 0.814. The minimum Gasteiger partial charge on any atom is -0.461 e. The zero-order chi connectivity index (χ0) is 12.6. The lowest BCUT2D eigenvalue weighted by Crippen LogP contribution is -2.04. The van der Waals surface area contributed by atoms with Crippen molar-refractivity contribution >= 4 is 44.4 Å². The molecule has 0 bridgehead atoms. The van der Waals surface area contributed by atoms with Crippen LogP contribution in [0.5, 0.6) is 0 Å². The smallest absolute Gasteiger partial charge is 0.354 e. The average molecular weight is 321 g/mol. The zero-order valence-corrected chi connectivity index (χ0v) is 11.2. The molecular formula is C11H8BrClFNO2. The maximum absolute atomic E-state index is 13.4. The van der Waals surface area contributed by atoms with Crippen molar-refractivity contribution in [2.24, 2.45) is 0 Å². The molecule has 0 fully saturated rings. The third-order valence-corrected chi connectivity index (χ3v) is 3.26. The molecule has 0 aliphatic heterocycles. The molecule has 0 aliphatic rings. The number of carbonyl (C=O) groups is 1. The Hall–Kier alpha value is -1.07. The van der Waals surface area contributed by atoms with Crippen LogP contribution in [-0.2, 0) is 4.74 Å². The van der Waals surface area contributed by atoms with Crippen molar-refractivity contribution in [2.75, 3.05) is 6.61 Å². The van der Waals surface area contributed by atoms with Crippen molar-refractivity contribution in [3.63, 3.8) is 0 Å². The van der Waals surface area contributed by atoms with Crippen LogP contribution in [0.4, 0.5) is 4.39 Å². The summed E-state index contributed by atoms with van der Waals surface area (Å²) in [6, 6.07) is 2.72. The number of H-pyrrole nitrogens is 1. The standard InChI is InChI=1S/C11H8BrClFNO2/c1-2-17-11(16)8-3-5-9(13)7(14)4-6(12)10(5)15-8/h3-4,15H,2H2,1H3. The van der Waals surface area contributed by atoms with E-state index in [4.69, 9.17) is 16.3 Å². The molecular weight excluding hydrogens is 312 g/mol. The second-order valence-electron chi connectivity index (χ2n) is 3.35. The van der Waals surface area contributed by atoms with Gasteiger partial charge in [-0.2, -0.15) is 0 Å². The lowest BCUT2D eigenvalue weighted by atomic mass is 10.2. The Bertz CT molecular complexity index is 597.